The molecule has 2 aliphatic heterocycles. The maximum atomic E-state index is 9.59. The topological polar surface area (TPSA) is 68.9 Å². The van der Waals surface area contributed by atoms with E-state index < -0.39 is 0 Å². The molecule has 2 saturated heterocycles. The molecule has 2 N–H and O–H groups in total. The average molecular weight is 490 g/mol. The highest BCUT2D eigenvalue weighted by Crippen LogP contribution is 2.26. The van der Waals surface area contributed by atoms with E-state index in [9.17, 15) is 5.11 Å². The second kappa shape index (κ2) is 11.2. The fourth-order valence-electron chi connectivity index (χ4n) is 3.92. The van der Waals surface area contributed by atoms with Crippen LogP contribution in [0.3, 0.4) is 0 Å². The van der Waals surface area contributed by atoms with Gasteiger partial charge in [-0.25, -0.2) is 0 Å². The lowest BCUT2D eigenvalue weighted by molar-refractivity contribution is 0.0824. The van der Waals surface area contributed by atoms with Gasteiger partial charge in [0.25, 0.3) is 0 Å². The summed E-state index contributed by atoms with van der Waals surface area (Å²) in [5, 5.41) is 17.4. The summed E-state index contributed by atoms with van der Waals surface area (Å²) in [5.41, 5.74) is 1.33. The van der Waals surface area contributed by atoms with Crippen molar-refractivity contribution in [3.05, 3.63) is 18.0 Å². The van der Waals surface area contributed by atoms with E-state index in [4.69, 9.17) is 4.99 Å². The minimum Gasteiger partial charge on any atom is -0.393 e. The van der Waals surface area contributed by atoms with E-state index in [2.05, 4.69) is 33.3 Å². The number of aliphatic imine (C=N–C) groups is 1. The van der Waals surface area contributed by atoms with Crippen LogP contribution in [0.25, 0.3) is 0 Å². The highest BCUT2D eigenvalue weighted by molar-refractivity contribution is 14.0. The maximum absolute atomic E-state index is 9.59. The van der Waals surface area contributed by atoms with Gasteiger partial charge in [0.15, 0.2) is 5.96 Å². The van der Waals surface area contributed by atoms with Gasteiger partial charge in [0.05, 0.1) is 12.3 Å². The molecule has 154 valence electrons. The summed E-state index contributed by atoms with van der Waals surface area (Å²) in [6.45, 7) is 9.06. The second-order valence-electron chi connectivity index (χ2n) is 7.54. The molecule has 7 nitrogen and oxygen atoms in total. The molecule has 0 bridgehead atoms. The number of aryl methyl sites for hydroxylation is 1. The molecule has 1 unspecified atom stereocenters. The predicted molar refractivity (Wildman–Crippen MR) is 120 cm³/mol. The summed E-state index contributed by atoms with van der Waals surface area (Å²) in [7, 11) is 1.98. The van der Waals surface area contributed by atoms with Crippen LogP contribution in [-0.4, -0.2) is 82.6 Å². The Balaban J connectivity index is 0.00000261. The van der Waals surface area contributed by atoms with Gasteiger partial charge >= 0.3 is 0 Å². The van der Waals surface area contributed by atoms with Crippen molar-refractivity contribution in [1.29, 1.82) is 0 Å². The van der Waals surface area contributed by atoms with E-state index in [1.165, 1.54) is 5.56 Å². The van der Waals surface area contributed by atoms with Crippen molar-refractivity contribution >= 4 is 29.9 Å². The number of nitrogens with one attached hydrogen (secondary N) is 1. The molecule has 0 aromatic carbocycles. The summed E-state index contributed by atoms with van der Waals surface area (Å²) in [5.74, 6) is 1.60. The van der Waals surface area contributed by atoms with Crippen molar-refractivity contribution in [2.45, 2.75) is 44.6 Å². The molecule has 3 rings (SSSR count). The zero-order chi connectivity index (χ0) is 18.4. The molecule has 1 atom stereocenters. The molecule has 0 amide bonds. The Morgan fingerprint density at radius 1 is 1.30 bits per heavy atom. The summed E-state index contributed by atoms with van der Waals surface area (Å²) in [6.07, 6.45) is 8.09. The molecule has 3 heterocycles. The molecule has 0 spiro atoms. The van der Waals surface area contributed by atoms with Crippen molar-refractivity contribution < 1.29 is 5.11 Å². The summed E-state index contributed by atoms with van der Waals surface area (Å²) in [6, 6.07) is 0. The molecule has 8 heteroatoms. The molecule has 0 radical (unpaired) electrons. The fraction of sp³-hybridized carbons (Fsp3) is 0.789. The summed E-state index contributed by atoms with van der Waals surface area (Å²) >= 11 is 0. The molecule has 2 fully saturated rings. The minimum atomic E-state index is -0.0902. The van der Waals surface area contributed by atoms with Gasteiger partial charge in [0, 0.05) is 58.4 Å². The molecular formula is C19H35IN6O. The van der Waals surface area contributed by atoms with Crippen molar-refractivity contribution in [3.8, 4) is 0 Å². The number of nitrogens with zero attached hydrogens (tertiary/aromatic N) is 5. The number of likely N-dealkylation sites (tertiary alicyclic amines) is 2. The predicted octanol–water partition coefficient (Wildman–Crippen LogP) is 1.64. The van der Waals surface area contributed by atoms with Crippen LogP contribution in [0.15, 0.2) is 17.4 Å². The van der Waals surface area contributed by atoms with Gasteiger partial charge in [-0.2, -0.15) is 5.10 Å². The third-order valence-electron chi connectivity index (χ3n) is 5.47. The van der Waals surface area contributed by atoms with Gasteiger partial charge < -0.3 is 20.2 Å². The number of guanidine groups is 1. The highest BCUT2D eigenvalue weighted by atomic mass is 127. The lowest BCUT2D eigenvalue weighted by atomic mass is 10.0. The number of hydrogen-bond acceptors (Lipinski definition) is 4. The first-order chi connectivity index (χ1) is 12.7. The van der Waals surface area contributed by atoms with E-state index in [0.717, 1.165) is 77.5 Å². The normalized spacial score (nSPS) is 22.1. The SMILES string of the molecule is CCNC(=NCCCN1CCC(O)CC1)N1CCC(c2cnn(C)c2)C1.I. The van der Waals surface area contributed by atoms with Gasteiger partial charge in [0.2, 0.25) is 0 Å². The largest absolute Gasteiger partial charge is 0.393 e. The van der Waals surface area contributed by atoms with Crippen molar-refractivity contribution in [1.82, 2.24) is 24.9 Å². The summed E-state index contributed by atoms with van der Waals surface area (Å²) < 4.78 is 1.89. The first-order valence-electron chi connectivity index (χ1n) is 10.1. The Labute approximate surface area is 180 Å². The molecule has 2 aliphatic rings. The van der Waals surface area contributed by atoms with Crippen LogP contribution >= 0.6 is 24.0 Å². The number of aromatic nitrogens is 2. The fourth-order valence-corrected chi connectivity index (χ4v) is 3.92. The third kappa shape index (κ3) is 6.60. The number of aliphatic hydroxyl groups is 1. The molecule has 27 heavy (non-hydrogen) atoms. The first kappa shape index (κ1) is 22.4. The van der Waals surface area contributed by atoms with E-state index >= 15 is 0 Å². The van der Waals surface area contributed by atoms with E-state index in [1.807, 2.05) is 17.9 Å². The Morgan fingerprint density at radius 2 is 2.07 bits per heavy atom. The standard InChI is InChI=1S/C19H34N6O.HI/c1-3-20-19(21-8-4-9-24-10-6-18(26)7-11-24)25-12-5-16(15-25)17-13-22-23(2)14-17;/h13-14,16,18,26H,3-12,15H2,1-2H3,(H,20,21);1H. The van der Waals surface area contributed by atoms with Crippen LogP contribution in [0.1, 0.15) is 44.1 Å². The van der Waals surface area contributed by atoms with Crippen LogP contribution in [0.4, 0.5) is 0 Å². The Bertz CT molecular complexity index is 585. The smallest absolute Gasteiger partial charge is 0.193 e. The Hall–Kier alpha value is -0.870. The maximum Gasteiger partial charge on any atom is 0.193 e. The van der Waals surface area contributed by atoms with E-state index in [1.54, 1.807) is 0 Å². The number of aliphatic hydroxyl groups excluding tert-OH is 1. The van der Waals surface area contributed by atoms with Crippen LogP contribution in [-0.2, 0) is 7.05 Å². The first-order valence-corrected chi connectivity index (χ1v) is 10.1. The zero-order valence-corrected chi connectivity index (χ0v) is 19.0. The third-order valence-corrected chi connectivity index (χ3v) is 5.47. The number of piperidine rings is 1. The van der Waals surface area contributed by atoms with Crippen LogP contribution < -0.4 is 5.32 Å². The molecule has 1 aromatic heterocycles. The van der Waals surface area contributed by atoms with Crippen molar-refractivity contribution in [2.24, 2.45) is 12.0 Å². The van der Waals surface area contributed by atoms with E-state index in [0.29, 0.717) is 5.92 Å². The molecule has 1 aromatic rings. The van der Waals surface area contributed by atoms with Gasteiger partial charge in [-0.05, 0) is 44.7 Å². The number of rotatable bonds is 6. The zero-order valence-electron chi connectivity index (χ0n) is 16.7. The van der Waals surface area contributed by atoms with E-state index in [-0.39, 0.29) is 30.1 Å². The highest BCUT2D eigenvalue weighted by Gasteiger charge is 2.26. The van der Waals surface area contributed by atoms with Gasteiger partial charge in [-0.1, -0.05) is 0 Å². The molecular weight excluding hydrogens is 455 g/mol. The van der Waals surface area contributed by atoms with Gasteiger partial charge in [-0.3, -0.25) is 9.67 Å². The van der Waals surface area contributed by atoms with Gasteiger partial charge in [0.1, 0.15) is 0 Å². The quantitative estimate of drug-likeness (QED) is 0.275. The number of hydrogen-bond donors (Lipinski definition) is 2. The molecule has 0 aliphatic carbocycles. The van der Waals surface area contributed by atoms with Crippen molar-refractivity contribution in [3.63, 3.8) is 0 Å². The second-order valence-corrected chi connectivity index (χ2v) is 7.54. The monoisotopic (exact) mass is 490 g/mol. The average Bonchev–Trinajstić information content (AvgIpc) is 3.28. The van der Waals surface area contributed by atoms with Crippen LogP contribution in [0, 0.1) is 0 Å². The Kier molecular flexibility index (Phi) is 9.31. The van der Waals surface area contributed by atoms with Crippen LogP contribution in [0.5, 0.6) is 0 Å². The summed E-state index contributed by atoms with van der Waals surface area (Å²) in [4.78, 5) is 9.70. The Morgan fingerprint density at radius 3 is 2.74 bits per heavy atom. The van der Waals surface area contributed by atoms with Gasteiger partial charge in [-0.15, -0.1) is 24.0 Å². The van der Waals surface area contributed by atoms with Crippen molar-refractivity contribution in [2.75, 3.05) is 45.8 Å². The molecule has 0 saturated carbocycles. The lowest BCUT2D eigenvalue weighted by Gasteiger charge is -2.29. The minimum absolute atomic E-state index is 0. The lowest BCUT2D eigenvalue weighted by Crippen LogP contribution is -2.40. The number of halogens is 1. The van der Waals surface area contributed by atoms with Crippen LogP contribution in [0.2, 0.25) is 0 Å².